The van der Waals surface area contributed by atoms with Gasteiger partial charge in [0.15, 0.2) is 0 Å². The first-order valence-electron chi connectivity index (χ1n) is 9.87. The molecule has 1 saturated heterocycles. The van der Waals surface area contributed by atoms with Crippen LogP contribution in [0.1, 0.15) is 36.1 Å². The second kappa shape index (κ2) is 6.67. The second-order valence-electron chi connectivity index (χ2n) is 8.06. The molecule has 28 heavy (non-hydrogen) atoms. The van der Waals surface area contributed by atoms with E-state index in [0.717, 1.165) is 62.1 Å². The van der Waals surface area contributed by atoms with Crippen molar-refractivity contribution >= 4 is 0 Å². The Labute approximate surface area is 163 Å². The molecule has 0 radical (unpaired) electrons. The molecule has 3 aromatic heterocycles. The Morgan fingerprint density at radius 3 is 2.79 bits per heavy atom. The number of pyridine rings is 1. The van der Waals surface area contributed by atoms with Crippen molar-refractivity contribution in [3.05, 3.63) is 64.1 Å². The number of aryl methyl sites for hydroxylation is 1. The molecule has 4 heterocycles. The molecule has 3 aromatic rings. The van der Waals surface area contributed by atoms with Crippen molar-refractivity contribution in [2.45, 2.75) is 37.6 Å². The van der Waals surface area contributed by atoms with Crippen molar-refractivity contribution in [1.82, 2.24) is 29.6 Å². The molecule has 7 heteroatoms. The molecule has 1 aliphatic heterocycles. The summed E-state index contributed by atoms with van der Waals surface area (Å²) in [6.45, 7) is 2.97. The smallest absolute Gasteiger partial charge is 0.254 e. The van der Waals surface area contributed by atoms with Crippen molar-refractivity contribution in [1.29, 1.82) is 0 Å². The number of nitrogens with one attached hydrogen (secondary N) is 1. The van der Waals surface area contributed by atoms with Crippen LogP contribution in [0.15, 0.2) is 41.7 Å². The summed E-state index contributed by atoms with van der Waals surface area (Å²) in [5.74, 6) is 0.635. The minimum absolute atomic E-state index is 0.0125. The van der Waals surface area contributed by atoms with Crippen LogP contribution in [0.3, 0.4) is 0 Å². The number of nitrogens with zero attached hydrogens (tertiary/aromatic N) is 5. The SMILES string of the molecule is Cn1cc(CN2CCC3(CCc4c3nc(-c3cccnc3)[nH]c4=O)CC2)cn1. The molecule has 1 aliphatic carbocycles. The van der Waals surface area contributed by atoms with E-state index in [-0.39, 0.29) is 11.0 Å². The lowest BCUT2D eigenvalue weighted by Crippen LogP contribution is -2.41. The van der Waals surface area contributed by atoms with Crippen LogP contribution in [-0.4, -0.2) is 42.7 Å². The van der Waals surface area contributed by atoms with Gasteiger partial charge in [-0.15, -0.1) is 0 Å². The summed E-state index contributed by atoms with van der Waals surface area (Å²) in [7, 11) is 1.95. The number of hydrogen-bond donors (Lipinski definition) is 1. The molecular weight excluding hydrogens is 352 g/mol. The Morgan fingerprint density at radius 1 is 1.21 bits per heavy atom. The number of fused-ring (bicyclic) bond motifs is 2. The number of aromatic nitrogens is 5. The van der Waals surface area contributed by atoms with Crippen LogP contribution in [0.2, 0.25) is 0 Å². The Kier molecular flexibility index (Phi) is 4.12. The van der Waals surface area contributed by atoms with E-state index < -0.39 is 0 Å². The van der Waals surface area contributed by atoms with Crippen LogP contribution >= 0.6 is 0 Å². The second-order valence-corrected chi connectivity index (χ2v) is 8.06. The van der Waals surface area contributed by atoms with Crippen LogP contribution in [0.4, 0.5) is 0 Å². The number of rotatable bonds is 3. The maximum atomic E-state index is 12.7. The fraction of sp³-hybridized carbons (Fsp3) is 0.429. The molecular formula is C21H24N6O. The zero-order valence-corrected chi connectivity index (χ0v) is 16.1. The van der Waals surface area contributed by atoms with Gasteiger partial charge < -0.3 is 4.98 Å². The molecule has 1 spiro atoms. The fourth-order valence-corrected chi connectivity index (χ4v) is 4.73. The van der Waals surface area contributed by atoms with Gasteiger partial charge in [-0.1, -0.05) is 0 Å². The number of H-pyrrole nitrogens is 1. The third kappa shape index (κ3) is 2.96. The van der Waals surface area contributed by atoms with Gasteiger partial charge in [-0.3, -0.25) is 19.4 Å². The van der Waals surface area contributed by atoms with Crippen molar-refractivity contribution in [3.63, 3.8) is 0 Å². The predicted octanol–water partition coefficient (Wildman–Crippen LogP) is 2.05. The van der Waals surface area contributed by atoms with Crippen LogP contribution < -0.4 is 5.56 Å². The molecule has 0 saturated carbocycles. The van der Waals surface area contributed by atoms with Gasteiger partial charge in [-0.2, -0.15) is 5.10 Å². The lowest BCUT2D eigenvalue weighted by Gasteiger charge is -2.39. The molecule has 7 nitrogen and oxygen atoms in total. The Balaban J connectivity index is 1.40. The van der Waals surface area contributed by atoms with E-state index >= 15 is 0 Å². The molecule has 0 aromatic carbocycles. The van der Waals surface area contributed by atoms with Crippen molar-refractivity contribution in [3.8, 4) is 11.4 Å². The van der Waals surface area contributed by atoms with Crippen molar-refractivity contribution in [2.75, 3.05) is 13.1 Å². The predicted molar refractivity (Wildman–Crippen MR) is 106 cm³/mol. The van der Waals surface area contributed by atoms with E-state index in [2.05, 4.69) is 26.2 Å². The van der Waals surface area contributed by atoms with Gasteiger partial charge in [0.2, 0.25) is 0 Å². The Hall–Kier alpha value is -2.80. The largest absolute Gasteiger partial charge is 0.306 e. The van der Waals surface area contributed by atoms with E-state index in [1.807, 2.05) is 30.1 Å². The van der Waals surface area contributed by atoms with Gasteiger partial charge in [0.25, 0.3) is 5.56 Å². The average molecular weight is 376 g/mol. The third-order valence-electron chi connectivity index (χ3n) is 6.28. The van der Waals surface area contributed by atoms with E-state index in [9.17, 15) is 4.79 Å². The maximum absolute atomic E-state index is 12.7. The summed E-state index contributed by atoms with van der Waals surface area (Å²) in [4.78, 5) is 27.3. The Morgan fingerprint density at radius 2 is 2.07 bits per heavy atom. The first-order chi connectivity index (χ1) is 13.6. The summed E-state index contributed by atoms with van der Waals surface area (Å²) in [5, 5.41) is 4.27. The Bertz CT molecular complexity index is 1050. The summed E-state index contributed by atoms with van der Waals surface area (Å²) in [5.41, 5.74) is 4.06. The topological polar surface area (TPSA) is 79.7 Å². The lowest BCUT2D eigenvalue weighted by atomic mass is 9.76. The molecule has 1 N–H and O–H groups in total. The number of hydrogen-bond acceptors (Lipinski definition) is 5. The van der Waals surface area contributed by atoms with E-state index in [0.29, 0.717) is 5.82 Å². The first-order valence-corrected chi connectivity index (χ1v) is 9.87. The van der Waals surface area contributed by atoms with Crippen molar-refractivity contribution < 1.29 is 0 Å². The minimum atomic E-state index is 0.0125. The summed E-state index contributed by atoms with van der Waals surface area (Å²) < 4.78 is 1.85. The molecule has 0 bridgehead atoms. The lowest BCUT2D eigenvalue weighted by molar-refractivity contribution is 0.150. The van der Waals surface area contributed by atoms with Crippen LogP contribution in [0, 0.1) is 0 Å². The molecule has 144 valence electrons. The van der Waals surface area contributed by atoms with Gasteiger partial charge in [-0.05, 0) is 50.9 Å². The highest BCUT2D eigenvalue weighted by atomic mass is 16.1. The highest BCUT2D eigenvalue weighted by Crippen LogP contribution is 2.44. The average Bonchev–Trinajstić information content (AvgIpc) is 3.29. The van der Waals surface area contributed by atoms with Gasteiger partial charge >= 0.3 is 0 Å². The van der Waals surface area contributed by atoms with Crippen molar-refractivity contribution in [2.24, 2.45) is 7.05 Å². The van der Waals surface area contributed by atoms with Gasteiger partial charge in [0.05, 0.1) is 11.9 Å². The molecule has 0 unspecified atom stereocenters. The monoisotopic (exact) mass is 376 g/mol. The van der Waals surface area contributed by atoms with E-state index in [4.69, 9.17) is 4.98 Å². The summed E-state index contributed by atoms with van der Waals surface area (Å²) in [6, 6.07) is 3.81. The highest BCUT2D eigenvalue weighted by molar-refractivity contribution is 5.54. The fourth-order valence-electron chi connectivity index (χ4n) is 4.73. The third-order valence-corrected chi connectivity index (χ3v) is 6.28. The first kappa shape index (κ1) is 17.3. The zero-order chi connectivity index (χ0) is 19.1. The molecule has 2 aliphatic rings. The highest BCUT2D eigenvalue weighted by Gasteiger charge is 2.44. The van der Waals surface area contributed by atoms with Crippen LogP contribution in [-0.2, 0) is 25.4 Å². The van der Waals surface area contributed by atoms with E-state index in [1.165, 1.54) is 5.56 Å². The number of likely N-dealkylation sites (tertiary alicyclic amines) is 1. The summed E-state index contributed by atoms with van der Waals surface area (Å²) >= 11 is 0. The molecule has 1 fully saturated rings. The van der Waals surface area contributed by atoms with Crippen LogP contribution in [0.5, 0.6) is 0 Å². The normalized spacial score (nSPS) is 18.5. The number of aromatic amines is 1. The molecule has 5 rings (SSSR count). The molecule has 0 amide bonds. The molecule has 0 atom stereocenters. The van der Waals surface area contributed by atoms with E-state index in [1.54, 1.807) is 12.4 Å². The maximum Gasteiger partial charge on any atom is 0.254 e. The summed E-state index contributed by atoms with van der Waals surface area (Å²) in [6.07, 6.45) is 11.4. The van der Waals surface area contributed by atoms with Gasteiger partial charge in [-0.25, -0.2) is 4.98 Å². The quantitative estimate of drug-likeness (QED) is 0.757. The minimum Gasteiger partial charge on any atom is -0.306 e. The number of piperidine rings is 1. The van der Waals surface area contributed by atoms with Crippen LogP contribution in [0.25, 0.3) is 11.4 Å². The van der Waals surface area contributed by atoms with Gasteiger partial charge in [0.1, 0.15) is 5.82 Å². The zero-order valence-electron chi connectivity index (χ0n) is 16.1. The van der Waals surface area contributed by atoms with Gasteiger partial charge in [0, 0.05) is 54.3 Å². The standard InChI is InChI=1S/C21H24N6O/c1-26-13-15(11-23-26)14-27-9-6-21(7-10-27)5-4-17-18(21)24-19(25-20(17)28)16-3-2-8-22-12-16/h2-3,8,11-13H,4-7,9-10,14H2,1H3,(H,24,25,28).